The highest BCUT2D eigenvalue weighted by molar-refractivity contribution is 7.99. The molecular weight excluding hydrogens is 274 g/mol. The number of nitro groups is 1. The molecule has 3 aromatic rings. The average Bonchev–Trinajstić information content (AvgIpc) is 2.48. The molecule has 20 heavy (non-hydrogen) atoms. The summed E-state index contributed by atoms with van der Waals surface area (Å²) >= 11 is 1.43. The molecule has 1 aromatic heterocycles. The van der Waals surface area contributed by atoms with Gasteiger partial charge in [-0.05, 0) is 24.3 Å². The monoisotopic (exact) mass is 283 g/mol. The van der Waals surface area contributed by atoms with Crippen molar-refractivity contribution in [2.75, 3.05) is 0 Å². The van der Waals surface area contributed by atoms with Crippen LogP contribution in [0.4, 0.5) is 5.69 Å². The molecule has 2 aromatic carbocycles. The van der Waals surface area contributed by atoms with Crippen LogP contribution in [0.15, 0.2) is 64.6 Å². The van der Waals surface area contributed by atoms with Crippen molar-refractivity contribution in [3.05, 3.63) is 64.8 Å². The minimum absolute atomic E-state index is 0.0824. The molecule has 0 saturated carbocycles. The molecule has 3 rings (SSSR count). The first-order chi connectivity index (χ1) is 9.72. The highest BCUT2D eigenvalue weighted by Crippen LogP contribution is 2.28. The van der Waals surface area contributed by atoms with Crippen molar-refractivity contribution in [2.24, 2.45) is 0 Å². The predicted octanol–water partition coefficient (Wildman–Crippen LogP) is 3.69. The van der Waals surface area contributed by atoms with Crippen LogP contribution < -0.4 is 0 Å². The van der Waals surface area contributed by atoms with Gasteiger partial charge in [0, 0.05) is 17.0 Å². The Kier molecular flexibility index (Phi) is 3.30. The Morgan fingerprint density at radius 2 is 1.70 bits per heavy atom. The molecule has 1 heterocycles. The molecule has 0 N–H and O–H groups in total. The molecule has 0 bridgehead atoms. The van der Waals surface area contributed by atoms with Crippen LogP contribution >= 0.6 is 11.8 Å². The lowest BCUT2D eigenvalue weighted by molar-refractivity contribution is -0.384. The van der Waals surface area contributed by atoms with Crippen molar-refractivity contribution in [1.29, 1.82) is 0 Å². The summed E-state index contributed by atoms with van der Waals surface area (Å²) < 4.78 is 0. The van der Waals surface area contributed by atoms with E-state index in [9.17, 15) is 10.1 Å². The third-order valence-electron chi connectivity index (χ3n) is 2.70. The van der Waals surface area contributed by atoms with Gasteiger partial charge >= 0.3 is 0 Å². The number of nitrogens with zero attached hydrogens (tertiary/aromatic N) is 3. The predicted molar refractivity (Wildman–Crippen MR) is 76.8 cm³/mol. The van der Waals surface area contributed by atoms with E-state index in [1.807, 2.05) is 24.3 Å². The number of non-ortho nitro benzene ring substituents is 1. The van der Waals surface area contributed by atoms with E-state index >= 15 is 0 Å². The summed E-state index contributed by atoms with van der Waals surface area (Å²) in [7, 11) is 0. The molecule has 0 atom stereocenters. The number of aromatic nitrogens is 2. The normalized spacial score (nSPS) is 10.6. The van der Waals surface area contributed by atoms with Gasteiger partial charge in [-0.3, -0.25) is 15.1 Å². The Labute approximate surface area is 118 Å². The fraction of sp³-hybridized carbons (Fsp3) is 0. The number of fused-ring (bicyclic) bond motifs is 1. The zero-order valence-electron chi connectivity index (χ0n) is 10.3. The fourth-order valence-corrected chi connectivity index (χ4v) is 2.51. The number of para-hydroxylation sites is 2. The van der Waals surface area contributed by atoms with E-state index in [0.29, 0.717) is 0 Å². The molecule has 5 nitrogen and oxygen atoms in total. The van der Waals surface area contributed by atoms with Crippen LogP contribution in [0, 0.1) is 10.1 Å². The third-order valence-corrected chi connectivity index (χ3v) is 3.61. The molecule has 0 amide bonds. The second kappa shape index (κ2) is 5.26. The standard InChI is InChI=1S/C14H9N3O2S/c18-17(19)10-5-7-11(8-6-10)20-14-9-15-12-3-1-2-4-13(12)16-14/h1-9H. The van der Waals surface area contributed by atoms with Gasteiger partial charge in [-0.25, -0.2) is 4.98 Å². The van der Waals surface area contributed by atoms with Crippen LogP contribution in [0.25, 0.3) is 11.0 Å². The molecule has 0 radical (unpaired) electrons. The summed E-state index contributed by atoms with van der Waals surface area (Å²) in [6, 6.07) is 14.0. The van der Waals surface area contributed by atoms with Gasteiger partial charge in [-0.1, -0.05) is 23.9 Å². The quantitative estimate of drug-likeness (QED) is 0.541. The van der Waals surface area contributed by atoms with Crippen LogP contribution in [0.5, 0.6) is 0 Å². The Morgan fingerprint density at radius 3 is 2.40 bits per heavy atom. The highest BCUT2D eigenvalue weighted by atomic mass is 32.2. The number of nitro benzene ring substituents is 1. The van der Waals surface area contributed by atoms with Crippen LogP contribution in [-0.2, 0) is 0 Å². The number of rotatable bonds is 3. The molecule has 0 unspecified atom stereocenters. The Hall–Kier alpha value is -2.47. The largest absolute Gasteiger partial charge is 0.269 e. The Morgan fingerprint density at radius 1 is 1.00 bits per heavy atom. The second-order valence-corrected chi connectivity index (χ2v) is 5.14. The minimum atomic E-state index is -0.412. The maximum Gasteiger partial charge on any atom is 0.269 e. The van der Waals surface area contributed by atoms with Gasteiger partial charge < -0.3 is 0 Å². The highest BCUT2D eigenvalue weighted by Gasteiger charge is 2.06. The second-order valence-electron chi connectivity index (χ2n) is 4.05. The van der Waals surface area contributed by atoms with Crippen LogP contribution in [0.1, 0.15) is 0 Å². The van der Waals surface area contributed by atoms with Gasteiger partial charge in [0.1, 0.15) is 5.03 Å². The molecule has 0 fully saturated rings. The van der Waals surface area contributed by atoms with E-state index < -0.39 is 4.92 Å². The molecule has 0 aliphatic rings. The molecule has 0 saturated heterocycles. The summed E-state index contributed by atoms with van der Waals surface area (Å²) in [4.78, 5) is 19.9. The summed E-state index contributed by atoms with van der Waals surface area (Å²) in [6.45, 7) is 0. The number of hydrogen-bond acceptors (Lipinski definition) is 5. The topological polar surface area (TPSA) is 68.9 Å². The maximum atomic E-state index is 10.6. The SMILES string of the molecule is O=[N+]([O-])c1ccc(Sc2cnc3ccccc3n2)cc1. The average molecular weight is 283 g/mol. The van der Waals surface area contributed by atoms with E-state index in [1.54, 1.807) is 18.3 Å². The molecule has 0 aliphatic heterocycles. The van der Waals surface area contributed by atoms with Gasteiger partial charge in [0.15, 0.2) is 0 Å². The lowest BCUT2D eigenvalue weighted by Crippen LogP contribution is -1.88. The summed E-state index contributed by atoms with van der Waals surface area (Å²) in [5.41, 5.74) is 1.76. The van der Waals surface area contributed by atoms with Crippen molar-refractivity contribution < 1.29 is 4.92 Å². The zero-order chi connectivity index (χ0) is 13.9. The maximum absolute atomic E-state index is 10.6. The van der Waals surface area contributed by atoms with Crippen molar-refractivity contribution in [1.82, 2.24) is 9.97 Å². The molecule has 98 valence electrons. The van der Waals surface area contributed by atoms with Gasteiger partial charge in [0.05, 0.1) is 22.2 Å². The van der Waals surface area contributed by atoms with Crippen LogP contribution in [0.3, 0.4) is 0 Å². The number of benzene rings is 2. The van der Waals surface area contributed by atoms with Crippen molar-refractivity contribution in [3.8, 4) is 0 Å². The first-order valence-electron chi connectivity index (χ1n) is 5.86. The van der Waals surface area contributed by atoms with Crippen molar-refractivity contribution >= 4 is 28.5 Å². The summed E-state index contributed by atoms with van der Waals surface area (Å²) in [6.07, 6.45) is 1.70. The first-order valence-corrected chi connectivity index (χ1v) is 6.68. The van der Waals surface area contributed by atoms with Crippen molar-refractivity contribution in [2.45, 2.75) is 9.92 Å². The van der Waals surface area contributed by atoms with E-state index in [0.717, 1.165) is 21.0 Å². The third kappa shape index (κ3) is 2.60. The molecule has 0 spiro atoms. The zero-order valence-corrected chi connectivity index (χ0v) is 11.1. The fourth-order valence-electron chi connectivity index (χ4n) is 1.75. The van der Waals surface area contributed by atoms with E-state index in [2.05, 4.69) is 9.97 Å². The van der Waals surface area contributed by atoms with E-state index in [-0.39, 0.29) is 5.69 Å². The first kappa shape index (κ1) is 12.6. The van der Waals surface area contributed by atoms with Gasteiger partial charge in [-0.2, -0.15) is 0 Å². The van der Waals surface area contributed by atoms with Gasteiger partial charge in [0.2, 0.25) is 0 Å². The van der Waals surface area contributed by atoms with Crippen molar-refractivity contribution in [3.63, 3.8) is 0 Å². The number of hydrogen-bond donors (Lipinski definition) is 0. The lowest BCUT2D eigenvalue weighted by atomic mass is 10.3. The molecule has 6 heteroatoms. The Bertz CT molecular complexity index is 775. The minimum Gasteiger partial charge on any atom is -0.258 e. The van der Waals surface area contributed by atoms with E-state index in [1.165, 1.54) is 23.9 Å². The Balaban J connectivity index is 1.87. The van der Waals surface area contributed by atoms with Gasteiger partial charge in [-0.15, -0.1) is 0 Å². The van der Waals surface area contributed by atoms with Gasteiger partial charge in [0.25, 0.3) is 5.69 Å². The van der Waals surface area contributed by atoms with Crippen LogP contribution in [0.2, 0.25) is 0 Å². The molecular formula is C14H9N3O2S. The smallest absolute Gasteiger partial charge is 0.258 e. The van der Waals surface area contributed by atoms with E-state index in [4.69, 9.17) is 0 Å². The summed E-state index contributed by atoms with van der Waals surface area (Å²) in [5, 5.41) is 11.4. The lowest BCUT2D eigenvalue weighted by Gasteiger charge is -2.02. The summed E-state index contributed by atoms with van der Waals surface area (Å²) in [5.74, 6) is 0. The van der Waals surface area contributed by atoms with Crippen LogP contribution in [-0.4, -0.2) is 14.9 Å². The molecule has 0 aliphatic carbocycles.